The second-order valence-corrected chi connectivity index (χ2v) is 5.10. The number of carbonyl (C=O) groups is 1. The van der Waals surface area contributed by atoms with Crippen molar-refractivity contribution in [3.8, 4) is 0 Å². The predicted molar refractivity (Wildman–Crippen MR) is 83.4 cm³/mol. The van der Waals surface area contributed by atoms with Gasteiger partial charge >= 0.3 is 0 Å². The molecule has 5 nitrogen and oxygen atoms in total. The zero-order chi connectivity index (χ0) is 15.2. The maximum absolute atomic E-state index is 12.8. The van der Waals surface area contributed by atoms with Gasteiger partial charge in [-0.3, -0.25) is 4.79 Å². The molecule has 0 aliphatic heterocycles. The second kappa shape index (κ2) is 7.22. The zero-order valence-corrected chi connectivity index (χ0v) is 12.9. The van der Waals surface area contributed by atoms with Gasteiger partial charge in [-0.2, -0.15) is 0 Å². The van der Waals surface area contributed by atoms with E-state index in [-0.39, 0.29) is 11.9 Å². The molecule has 0 saturated heterocycles. The van der Waals surface area contributed by atoms with Gasteiger partial charge in [0, 0.05) is 25.3 Å². The van der Waals surface area contributed by atoms with E-state index in [4.69, 9.17) is 4.74 Å². The Morgan fingerprint density at radius 3 is 2.81 bits per heavy atom. The third-order valence-corrected chi connectivity index (χ3v) is 3.85. The van der Waals surface area contributed by atoms with E-state index in [0.29, 0.717) is 18.7 Å². The van der Waals surface area contributed by atoms with Crippen LogP contribution in [0.1, 0.15) is 37.0 Å². The molecule has 1 aromatic heterocycles. The highest BCUT2D eigenvalue weighted by Gasteiger charge is 2.22. The average molecular weight is 289 g/mol. The zero-order valence-electron chi connectivity index (χ0n) is 12.9. The summed E-state index contributed by atoms with van der Waals surface area (Å²) in [4.78, 5) is 22.0. The van der Waals surface area contributed by atoms with Crippen molar-refractivity contribution in [1.82, 2.24) is 14.9 Å². The van der Waals surface area contributed by atoms with Gasteiger partial charge in [-0.25, -0.2) is 4.98 Å². The molecule has 0 bridgehead atoms. The molecular formula is C16H23N3O2. The number of hydrogen-bond donors (Lipinski definition) is 1. The van der Waals surface area contributed by atoms with Crippen LogP contribution in [0.5, 0.6) is 0 Å². The molecule has 1 heterocycles. The number of ether oxygens (including phenoxy) is 1. The first kappa shape index (κ1) is 15.5. The van der Waals surface area contributed by atoms with Crippen molar-refractivity contribution in [2.45, 2.75) is 32.7 Å². The van der Waals surface area contributed by atoms with E-state index in [0.717, 1.165) is 23.9 Å². The minimum absolute atomic E-state index is 0.0530. The topological polar surface area (TPSA) is 58.2 Å². The minimum Gasteiger partial charge on any atom is -0.383 e. The summed E-state index contributed by atoms with van der Waals surface area (Å²) < 4.78 is 5.15. The molecule has 0 aliphatic carbocycles. The SMILES string of the molecule is CCC(CC)N(CCOC)C(=O)c1ccc2nc[nH]c2c1. The first-order chi connectivity index (χ1) is 10.2. The number of fused-ring (bicyclic) bond motifs is 1. The number of nitrogens with one attached hydrogen (secondary N) is 1. The van der Waals surface area contributed by atoms with Crippen LogP contribution in [0.2, 0.25) is 0 Å². The van der Waals surface area contributed by atoms with Crippen molar-refractivity contribution >= 4 is 16.9 Å². The molecule has 0 atom stereocenters. The fourth-order valence-electron chi connectivity index (χ4n) is 2.60. The lowest BCUT2D eigenvalue weighted by molar-refractivity contribution is 0.0589. The number of benzene rings is 1. The maximum Gasteiger partial charge on any atom is 0.254 e. The van der Waals surface area contributed by atoms with Crippen molar-refractivity contribution in [2.24, 2.45) is 0 Å². The number of imidazole rings is 1. The van der Waals surface area contributed by atoms with Gasteiger partial charge in [0.1, 0.15) is 0 Å². The lowest BCUT2D eigenvalue weighted by atomic mass is 10.1. The van der Waals surface area contributed by atoms with Crippen molar-refractivity contribution in [2.75, 3.05) is 20.3 Å². The summed E-state index contributed by atoms with van der Waals surface area (Å²) in [5.74, 6) is 0.0530. The molecule has 0 spiro atoms. The van der Waals surface area contributed by atoms with Crippen molar-refractivity contribution in [1.29, 1.82) is 0 Å². The Labute approximate surface area is 125 Å². The van der Waals surface area contributed by atoms with Gasteiger partial charge in [0.05, 0.1) is 24.0 Å². The monoisotopic (exact) mass is 289 g/mol. The fraction of sp³-hybridized carbons (Fsp3) is 0.500. The number of hydrogen-bond acceptors (Lipinski definition) is 3. The number of aromatic amines is 1. The van der Waals surface area contributed by atoms with E-state index in [2.05, 4.69) is 23.8 Å². The maximum atomic E-state index is 12.8. The summed E-state index contributed by atoms with van der Waals surface area (Å²) in [5.41, 5.74) is 2.45. The van der Waals surface area contributed by atoms with Crippen LogP contribution in [0.3, 0.4) is 0 Å². The molecule has 0 radical (unpaired) electrons. The van der Waals surface area contributed by atoms with Gasteiger partial charge in [-0.05, 0) is 31.0 Å². The van der Waals surface area contributed by atoms with Crippen LogP contribution in [0, 0.1) is 0 Å². The van der Waals surface area contributed by atoms with Gasteiger partial charge in [-0.1, -0.05) is 13.8 Å². The number of methoxy groups -OCH3 is 1. The number of H-pyrrole nitrogens is 1. The van der Waals surface area contributed by atoms with Gasteiger partial charge in [0.15, 0.2) is 0 Å². The Hall–Kier alpha value is -1.88. The van der Waals surface area contributed by atoms with E-state index >= 15 is 0 Å². The standard InChI is InChI=1S/C16H23N3O2/c1-4-13(5-2)19(8-9-21-3)16(20)12-6-7-14-15(10-12)18-11-17-14/h6-7,10-11,13H,4-5,8-9H2,1-3H3,(H,17,18). The Morgan fingerprint density at radius 2 is 2.14 bits per heavy atom. The number of amides is 1. The summed E-state index contributed by atoms with van der Waals surface area (Å²) >= 11 is 0. The first-order valence-electron chi connectivity index (χ1n) is 7.44. The minimum atomic E-state index is 0.0530. The average Bonchev–Trinajstić information content (AvgIpc) is 2.98. The number of rotatable bonds is 7. The van der Waals surface area contributed by atoms with Crippen LogP contribution in [0.25, 0.3) is 11.0 Å². The molecule has 21 heavy (non-hydrogen) atoms. The summed E-state index contributed by atoms with van der Waals surface area (Å²) in [5, 5.41) is 0. The molecule has 0 aliphatic rings. The highest BCUT2D eigenvalue weighted by atomic mass is 16.5. The Balaban J connectivity index is 2.26. The normalized spacial score (nSPS) is 11.2. The lowest BCUT2D eigenvalue weighted by Crippen LogP contribution is -2.41. The van der Waals surface area contributed by atoms with E-state index in [1.165, 1.54) is 0 Å². The van der Waals surface area contributed by atoms with Crippen molar-refractivity contribution in [3.63, 3.8) is 0 Å². The Morgan fingerprint density at radius 1 is 1.38 bits per heavy atom. The molecular weight excluding hydrogens is 266 g/mol. The quantitative estimate of drug-likeness (QED) is 0.852. The van der Waals surface area contributed by atoms with Gasteiger partial charge < -0.3 is 14.6 Å². The molecule has 2 rings (SSSR count). The predicted octanol–water partition coefficient (Wildman–Crippen LogP) is 2.84. The molecule has 1 amide bonds. The van der Waals surface area contributed by atoms with Crippen LogP contribution >= 0.6 is 0 Å². The summed E-state index contributed by atoms with van der Waals surface area (Å²) in [7, 11) is 1.66. The van der Waals surface area contributed by atoms with Gasteiger partial charge in [0.25, 0.3) is 5.91 Å². The largest absolute Gasteiger partial charge is 0.383 e. The second-order valence-electron chi connectivity index (χ2n) is 5.10. The number of aromatic nitrogens is 2. The van der Waals surface area contributed by atoms with Gasteiger partial charge in [-0.15, -0.1) is 0 Å². The van der Waals surface area contributed by atoms with E-state index in [9.17, 15) is 4.79 Å². The first-order valence-corrected chi connectivity index (χ1v) is 7.44. The van der Waals surface area contributed by atoms with Crippen LogP contribution < -0.4 is 0 Å². The summed E-state index contributed by atoms with van der Waals surface area (Å²) in [6.45, 7) is 5.38. The third kappa shape index (κ3) is 3.42. The molecule has 2 aromatic rings. The van der Waals surface area contributed by atoms with Crippen LogP contribution in [0.15, 0.2) is 24.5 Å². The number of nitrogens with zero attached hydrogens (tertiary/aromatic N) is 2. The highest BCUT2D eigenvalue weighted by molar-refractivity contribution is 5.97. The fourth-order valence-corrected chi connectivity index (χ4v) is 2.60. The van der Waals surface area contributed by atoms with E-state index < -0.39 is 0 Å². The van der Waals surface area contributed by atoms with Crippen molar-refractivity contribution in [3.05, 3.63) is 30.1 Å². The number of carbonyl (C=O) groups excluding carboxylic acids is 1. The molecule has 0 fully saturated rings. The smallest absolute Gasteiger partial charge is 0.254 e. The summed E-state index contributed by atoms with van der Waals surface area (Å²) in [6, 6.07) is 5.83. The molecule has 1 N–H and O–H groups in total. The highest BCUT2D eigenvalue weighted by Crippen LogP contribution is 2.17. The lowest BCUT2D eigenvalue weighted by Gasteiger charge is -2.30. The molecule has 114 valence electrons. The van der Waals surface area contributed by atoms with Crippen LogP contribution in [-0.2, 0) is 4.74 Å². The molecule has 1 aromatic carbocycles. The van der Waals surface area contributed by atoms with Crippen LogP contribution in [-0.4, -0.2) is 47.1 Å². The molecule has 0 unspecified atom stereocenters. The van der Waals surface area contributed by atoms with Gasteiger partial charge in [0.2, 0.25) is 0 Å². The Bertz CT molecular complexity index is 590. The molecule has 5 heteroatoms. The molecule has 0 saturated carbocycles. The summed E-state index contributed by atoms with van der Waals surface area (Å²) in [6.07, 6.45) is 3.53. The van der Waals surface area contributed by atoms with Crippen LogP contribution in [0.4, 0.5) is 0 Å². The van der Waals surface area contributed by atoms with Crippen molar-refractivity contribution < 1.29 is 9.53 Å². The van der Waals surface area contributed by atoms with E-state index in [1.807, 2.05) is 23.1 Å². The third-order valence-electron chi connectivity index (χ3n) is 3.85. The van der Waals surface area contributed by atoms with E-state index in [1.54, 1.807) is 13.4 Å². The Kier molecular flexibility index (Phi) is 5.33.